The van der Waals surface area contributed by atoms with Gasteiger partial charge in [0.1, 0.15) is 18.2 Å². The molecule has 6 heteroatoms. The highest BCUT2D eigenvalue weighted by molar-refractivity contribution is 6.33. The molecule has 3 nitrogen and oxygen atoms in total. The van der Waals surface area contributed by atoms with Crippen molar-refractivity contribution in [3.05, 3.63) is 63.4 Å². The van der Waals surface area contributed by atoms with Crippen LogP contribution in [-0.2, 0) is 0 Å². The van der Waals surface area contributed by atoms with E-state index in [0.717, 1.165) is 5.56 Å². The Kier molecular flexibility index (Phi) is 5.63. The van der Waals surface area contributed by atoms with Crippen LogP contribution in [0, 0.1) is 12.7 Å². The van der Waals surface area contributed by atoms with Crippen LogP contribution in [0.4, 0.5) is 4.39 Å². The molecule has 0 bridgehead atoms. The summed E-state index contributed by atoms with van der Waals surface area (Å²) in [7, 11) is 0. The molecule has 1 amide bonds. The van der Waals surface area contributed by atoms with E-state index in [1.807, 2.05) is 6.92 Å². The number of hydrogen-bond donors (Lipinski definition) is 1. The van der Waals surface area contributed by atoms with Crippen molar-refractivity contribution in [1.29, 1.82) is 0 Å². The highest BCUT2D eigenvalue weighted by Gasteiger charge is 2.15. The Morgan fingerprint density at radius 2 is 2.05 bits per heavy atom. The normalized spacial score (nSPS) is 10.4. The first-order valence-electron chi connectivity index (χ1n) is 6.60. The minimum absolute atomic E-state index is 0.0759. The van der Waals surface area contributed by atoms with Crippen LogP contribution in [0.2, 0.25) is 10.0 Å². The first kappa shape index (κ1) is 16.6. The summed E-state index contributed by atoms with van der Waals surface area (Å²) in [6, 6.07) is 9.37. The van der Waals surface area contributed by atoms with Gasteiger partial charge >= 0.3 is 0 Å². The molecule has 0 fully saturated rings. The standard InChI is InChI=1S/C16H14Cl2FNO2/c1-10-9-11(17)5-6-14(10)22-8-7-20-16(21)15-12(18)3-2-4-13(15)19/h2-6,9H,7-8H2,1H3,(H,20,21). The smallest absolute Gasteiger partial charge is 0.255 e. The lowest BCUT2D eigenvalue weighted by molar-refractivity contribution is 0.0943. The maximum atomic E-state index is 13.6. The largest absolute Gasteiger partial charge is 0.491 e. The maximum absolute atomic E-state index is 13.6. The Labute approximate surface area is 138 Å². The molecule has 0 saturated carbocycles. The molecule has 0 aromatic heterocycles. The Morgan fingerprint density at radius 1 is 1.27 bits per heavy atom. The van der Waals surface area contributed by atoms with E-state index < -0.39 is 11.7 Å². The van der Waals surface area contributed by atoms with Crippen LogP contribution in [0.1, 0.15) is 15.9 Å². The molecule has 0 atom stereocenters. The number of carbonyl (C=O) groups is 1. The van der Waals surface area contributed by atoms with Gasteiger partial charge in [-0.15, -0.1) is 0 Å². The molecule has 0 aliphatic rings. The number of nitrogens with one attached hydrogen (secondary N) is 1. The van der Waals surface area contributed by atoms with Crippen molar-refractivity contribution in [3.63, 3.8) is 0 Å². The van der Waals surface area contributed by atoms with Crippen LogP contribution in [0.25, 0.3) is 0 Å². The van der Waals surface area contributed by atoms with Gasteiger partial charge in [-0.1, -0.05) is 29.3 Å². The van der Waals surface area contributed by atoms with Gasteiger partial charge in [0.2, 0.25) is 0 Å². The summed E-state index contributed by atoms with van der Waals surface area (Å²) < 4.78 is 19.1. The predicted octanol–water partition coefficient (Wildman–Crippen LogP) is 4.25. The van der Waals surface area contributed by atoms with Gasteiger partial charge in [0.25, 0.3) is 5.91 Å². The first-order valence-corrected chi connectivity index (χ1v) is 7.36. The Bertz CT molecular complexity index is 672. The molecule has 0 radical (unpaired) electrons. The summed E-state index contributed by atoms with van der Waals surface area (Å²) in [6.45, 7) is 2.35. The van der Waals surface area contributed by atoms with Crippen LogP contribution in [0.3, 0.4) is 0 Å². The third kappa shape index (κ3) is 4.12. The van der Waals surface area contributed by atoms with Crippen LogP contribution < -0.4 is 10.1 Å². The first-order chi connectivity index (χ1) is 10.5. The zero-order valence-electron chi connectivity index (χ0n) is 11.8. The quantitative estimate of drug-likeness (QED) is 0.825. The van der Waals surface area contributed by atoms with Gasteiger partial charge in [-0.05, 0) is 42.8 Å². The third-order valence-electron chi connectivity index (χ3n) is 2.97. The number of benzene rings is 2. The maximum Gasteiger partial charge on any atom is 0.255 e. The van der Waals surface area contributed by atoms with E-state index in [-0.39, 0.29) is 23.7 Å². The van der Waals surface area contributed by atoms with Crippen LogP contribution in [-0.4, -0.2) is 19.1 Å². The molecule has 1 N–H and O–H groups in total. The second kappa shape index (κ2) is 7.47. The lowest BCUT2D eigenvalue weighted by Gasteiger charge is -2.11. The van der Waals surface area contributed by atoms with E-state index in [1.165, 1.54) is 18.2 Å². The number of ether oxygens (including phenoxy) is 1. The number of amides is 1. The van der Waals surface area contributed by atoms with Crippen molar-refractivity contribution in [2.75, 3.05) is 13.2 Å². The van der Waals surface area contributed by atoms with Gasteiger partial charge in [-0.2, -0.15) is 0 Å². The zero-order valence-corrected chi connectivity index (χ0v) is 13.3. The fourth-order valence-corrected chi connectivity index (χ4v) is 2.38. The SMILES string of the molecule is Cc1cc(Cl)ccc1OCCNC(=O)c1c(F)cccc1Cl. The number of hydrogen-bond acceptors (Lipinski definition) is 2. The molecule has 116 valence electrons. The summed E-state index contributed by atoms with van der Waals surface area (Å²) >= 11 is 11.7. The fourth-order valence-electron chi connectivity index (χ4n) is 1.90. The molecular weight excluding hydrogens is 328 g/mol. The van der Waals surface area contributed by atoms with Crippen molar-refractivity contribution in [2.45, 2.75) is 6.92 Å². The second-order valence-corrected chi connectivity index (χ2v) is 5.45. The van der Waals surface area contributed by atoms with E-state index >= 15 is 0 Å². The van der Waals surface area contributed by atoms with E-state index in [1.54, 1.807) is 18.2 Å². The molecule has 0 aliphatic carbocycles. The molecule has 2 aromatic carbocycles. The van der Waals surface area contributed by atoms with Gasteiger partial charge in [-0.3, -0.25) is 4.79 Å². The average molecular weight is 342 g/mol. The lowest BCUT2D eigenvalue weighted by Crippen LogP contribution is -2.29. The van der Waals surface area contributed by atoms with Gasteiger partial charge < -0.3 is 10.1 Å². The van der Waals surface area contributed by atoms with Crippen molar-refractivity contribution in [3.8, 4) is 5.75 Å². The molecule has 0 heterocycles. The van der Waals surface area contributed by atoms with Crippen molar-refractivity contribution in [1.82, 2.24) is 5.32 Å². The van der Waals surface area contributed by atoms with Gasteiger partial charge in [0, 0.05) is 5.02 Å². The minimum Gasteiger partial charge on any atom is -0.491 e. The summed E-state index contributed by atoms with van der Waals surface area (Å²) in [5.41, 5.74) is 0.739. The predicted molar refractivity (Wildman–Crippen MR) is 85.4 cm³/mol. The van der Waals surface area contributed by atoms with E-state index in [0.29, 0.717) is 10.8 Å². The highest BCUT2D eigenvalue weighted by Crippen LogP contribution is 2.21. The van der Waals surface area contributed by atoms with Crippen molar-refractivity contribution in [2.24, 2.45) is 0 Å². The minimum atomic E-state index is -0.653. The Hall–Kier alpha value is -1.78. The van der Waals surface area contributed by atoms with E-state index in [4.69, 9.17) is 27.9 Å². The fraction of sp³-hybridized carbons (Fsp3) is 0.188. The third-order valence-corrected chi connectivity index (χ3v) is 3.52. The summed E-state index contributed by atoms with van der Waals surface area (Å²) in [4.78, 5) is 11.9. The van der Waals surface area contributed by atoms with Crippen LogP contribution in [0.15, 0.2) is 36.4 Å². The van der Waals surface area contributed by atoms with E-state index in [9.17, 15) is 9.18 Å². The van der Waals surface area contributed by atoms with Crippen molar-refractivity contribution >= 4 is 29.1 Å². The lowest BCUT2D eigenvalue weighted by atomic mass is 10.2. The second-order valence-electron chi connectivity index (χ2n) is 4.61. The molecule has 0 unspecified atom stereocenters. The Balaban J connectivity index is 1.87. The van der Waals surface area contributed by atoms with E-state index in [2.05, 4.69) is 5.32 Å². The monoisotopic (exact) mass is 341 g/mol. The molecule has 0 spiro atoms. The number of halogens is 3. The zero-order chi connectivity index (χ0) is 16.1. The highest BCUT2D eigenvalue weighted by atomic mass is 35.5. The van der Waals surface area contributed by atoms with Gasteiger partial charge in [-0.25, -0.2) is 4.39 Å². The Morgan fingerprint density at radius 3 is 2.73 bits per heavy atom. The number of carbonyl (C=O) groups excluding carboxylic acids is 1. The molecule has 22 heavy (non-hydrogen) atoms. The molecular formula is C16H14Cl2FNO2. The summed E-state index contributed by atoms with van der Waals surface area (Å²) in [5.74, 6) is -0.540. The number of aryl methyl sites for hydroxylation is 1. The number of rotatable bonds is 5. The average Bonchev–Trinajstić information content (AvgIpc) is 2.45. The summed E-state index contributed by atoms with van der Waals surface area (Å²) in [5, 5.41) is 3.27. The molecule has 0 aliphatic heterocycles. The molecule has 2 rings (SSSR count). The van der Waals surface area contributed by atoms with Gasteiger partial charge in [0.05, 0.1) is 17.1 Å². The topological polar surface area (TPSA) is 38.3 Å². The molecule has 0 saturated heterocycles. The molecule has 2 aromatic rings. The van der Waals surface area contributed by atoms with Crippen molar-refractivity contribution < 1.29 is 13.9 Å². The van der Waals surface area contributed by atoms with Gasteiger partial charge in [0.15, 0.2) is 0 Å². The summed E-state index contributed by atoms with van der Waals surface area (Å²) in [6.07, 6.45) is 0. The van der Waals surface area contributed by atoms with Crippen LogP contribution in [0.5, 0.6) is 5.75 Å². The van der Waals surface area contributed by atoms with Crippen LogP contribution >= 0.6 is 23.2 Å².